The van der Waals surface area contributed by atoms with Crippen LogP contribution in [-0.2, 0) is 11.3 Å². The minimum atomic E-state index is -4.87. The third-order valence-corrected chi connectivity index (χ3v) is 3.42. The number of hydrogen-bond donors (Lipinski definition) is 2. The van der Waals surface area contributed by atoms with E-state index in [1.165, 1.54) is 6.07 Å². The summed E-state index contributed by atoms with van der Waals surface area (Å²) in [5.41, 5.74) is 0.985. The van der Waals surface area contributed by atoms with E-state index < -0.39 is 12.1 Å². The van der Waals surface area contributed by atoms with E-state index in [0.29, 0.717) is 6.54 Å². The van der Waals surface area contributed by atoms with Gasteiger partial charge in [0.2, 0.25) is 0 Å². The molecular formula is C14H19F3N2OS. The highest BCUT2D eigenvalue weighted by atomic mass is 32.2. The van der Waals surface area contributed by atoms with Gasteiger partial charge in [-0.2, -0.15) is 24.9 Å². The van der Waals surface area contributed by atoms with E-state index in [4.69, 9.17) is 0 Å². The van der Waals surface area contributed by atoms with Crippen LogP contribution in [0.3, 0.4) is 0 Å². The van der Waals surface area contributed by atoms with Gasteiger partial charge in [-0.1, -0.05) is 12.1 Å². The summed E-state index contributed by atoms with van der Waals surface area (Å²) in [6, 6.07) is 6.40. The van der Waals surface area contributed by atoms with E-state index in [0.717, 1.165) is 30.7 Å². The van der Waals surface area contributed by atoms with Crippen molar-refractivity contribution in [1.29, 1.82) is 0 Å². The van der Waals surface area contributed by atoms with E-state index in [1.54, 1.807) is 30.0 Å². The largest absolute Gasteiger partial charge is 0.471 e. The predicted octanol–water partition coefficient (Wildman–Crippen LogP) is 3.42. The van der Waals surface area contributed by atoms with Crippen LogP contribution in [0.25, 0.3) is 0 Å². The van der Waals surface area contributed by atoms with Crippen LogP contribution in [0.5, 0.6) is 0 Å². The van der Waals surface area contributed by atoms with Crippen LogP contribution in [0.15, 0.2) is 24.3 Å². The summed E-state index contributed by atoms with van der Waals surface area (Å²) in [4.78, 5) is 10.9. The molecule has 1 aromatic carbocycles. The van der Waals surface area contributed by atoms with Crippen LogP contribution >= 0.6 is 11.8 Å². The molecule has 1 rings (SSSR count). The second kappa shape index (κ2) is 8.94. The van der Waals surface area contributed by atoms with E-state index in [9.17, 15) is 18.0 Å². The van der Waals surface area contributed by atoms with Crippen molar-refractivity contribution in [2.45, 2.75) is 25.6 Å². The van der Waals surface area contributed by atoms with Gasteiger partial charge < -0.3 is 10.6 Å². The molecular weight excluding hydrogens is 301 g/mol. The Kier molecular flexibility index (Phi) is 7.60. The minimum absolute atomic E-state index is 0.152. The van der Waals surface area contributed by atoms with Crippen molar-refractivity contribution in [2.24, 2.45) is 0 Å². The molecule has 1 amide bonds. The molecule has 0 saturated heterocycles. The van der Waals surface area contributed by atoms with Gasteiger partial charge in [-0.3, -0.25) is 4.79 Å². The zero-order chi connectivity index (χ0) is 15.7. The quantitative estimate of drug-likeness (QED) is 0.721. The number of amides is 1. The molecule has 3 nitrogen and oxygen atoms in total. The lowest BCUT2D eigenvalue weighted by Gasteiger charge is -2.10. The molecule has 0 aliphatic heterocycles. The van der Waals surface area contributed by atoms with Crippen molar-refractivity contribution in [1.82, 2.24) is 5.32 Å². The minimum Gasteiger partial charge on any atom is -0.318 e. The molecule has 7 heteroatoms. The lowest BCUT2D eigenvalue weighted by molar-refractivity contribution is -0.167. The molecule has 1 aromatic rings. The van der Waals surface area contributed by atoms with E-state index in [1.807, 2.05) is 5.32 Å². The maximum absolute atomic E-state index is 12.2. The molecule has 0 radical (unpaired) electrons. The van der Waals surface area contributed by atoms with Gasteiger partial charge in [0.25, 0.3) is 0 Å². The van der Waals surface area contributed by atoms with Crippen molar-refractivity contribution in [3.8, 4) is 0 Å². The number of carbonyl (C=O) groups excluding carboxylic acids is 1. The summed E-state index contributed by atoms with van der Waals surface area (Å²) in [5, 5.41) is 5.07. The van der Waals surface area contributed by atoms with Crippen molar-refractivity contribution >= 4 is 23.4 Å². The summed E-state index contributed by atoms with van der Waals surface area (Å²) >= 11 is 1.81. The molecule has 0 unspecified atom stereocenters. The second-order valence-corrected chi connectivity index (χ2v) is 5.51. The predicted molar refractivity (Wildman–Crippen MR) is 80.4 cm³/mol. The molecule has 118 valence electrons. The average Bonchev–Trinajstić information content (AvgIpc) is 2.42. The van der Waals surface area contributed by atoms with Crippen molar-refractivity contribution < 1.29 is 18.0 Å². The molecule has 0 aliphatic rings. The van der Waals surface area contributed by atoms with Gasteiger partial charge in [-0.25, -0.2) is 0 Å². The zero-order valence-electron chi connectivity index (χ0n) is 11.8. The lowest BCUT2D eigenvalue weighted by Crippen LogP contribution is -2.29. The highest BCUT2D eigenvalue weighted by Gasteiger charge is 2.38. The Morgan fingerprint density at radius 1 is 1.29 bits per heavy atom. The summed E-state index contributed by atoms with van der Waals surface area (Å²) < 4.78 is 36.5. The first kappa shape index (κ1) is 17.8. The number of carbonyl (C=O) groups is 1. The van der Waals surface area contributed by atoms with Gasteiger partial charge in [0, 0.05) is 12.2 Å². The maximum atomic E-state index is 12.2. The SMILES string of the molecule is CSCCCCNCc1cccc(NC(=O)C(F)(F)F)c1. The van der Waals surface area contributed by atoms with Gasteiger partial charge >= 0.3 is 12.1 Å². The number of halogens is 3. The highest BCUT2D eigenvalue weighted by molar-refractivity contribution is 7.98. The van der Waals surface area contributed by atoms with Crippen molar-refractivity contribution in [3.05, 3.63) is 29.8 Å². The van der Waals surface area contributed by atoms with Gasteiger partial charge in [0.1, 0.15) is 0 Å². The van der Waals surface area contributed by atoms with Crippen LogP contribution in [0.2, 0.25) is 0 Å². The van der Waals surface area contributed by atoms with E-state index in [2.05, 4.69) is 11.6 Å². The summed E-state index contributed by atoms with van der Waals surface area (Å²) in [6.07, 6.45) is -0.610. The summed E-state index contributed by atoms with van der Waals surface area (Å²) in [6.45, 7) is 1.43. The van der Waals surface area contributed by atoms with Gasteiger partial charge in [-0.15, -0.1) is 0 Å². The number of benzene rings is 1. The van der Waals surface area contributed by atoms with Crippen LogP contribution in [0, 0.1) is 0 Å². The molecule has 0 aromatic heterocycles. The lowest BCUT2D eigenvalue weighted by atomic mass is 10.2. The first-order valence-corrected chi connectivity index (χ1v) is 7.99. The fourth-order valence-electron chi connectivity index (χ4n) is 1.69. The zero-order valence-corrected chi connectivity index (χ0v) is 12.6. The smallest absolute Gasteiger partial charge is 0.318 e. The van der Waals surface area contributed by atoms with Crippen LogP contribution in [-0.4, -0.2) is 30.6 Å². The Morgan fingerprint density at radius 2 is 2.05 bits per heavy atom. The van der Waals surface area contributed by atoms with Crippen molar-refractivity contribution in [2.75, 3.05) is 23.9 Å². The summed E-state index contributed by atoms with van der Waals surface area (Å²) in [7, 11) is 0. The average molecular weight is 320 g/mol. The molecule has 0 fully saturated rings. The van der Waals surface area contributed by atoms with Gasteiger partial charge in [0.05, 0.1) is 0 Å². The Hall–Kier alpha value is -1.21. The molecule has 21 heavy (non-hydrogen) atoms. The van der Waals surface area contributed by atoms with Gasteiger partial charge in [0.15, 0.2) is 0 Å². The molecule has 0 saturated carbocycles. The first-order valence-electron chi connectivity index (χ1n) is 6.60. The number of unbranched alkanes of at least 4 members (excludes halogenated alkanes) is 1. The van der Waals surface area contributed by atoms with E-state index >= 15 is 0 Å². The highest BCUT2D eigenvalue weighted by Crippen LogP contribution is 2.18. The maximum Gasteiger partial charge on any atom is 0.471 e. The Bertz CT molecular complexity index is 452. The molecule has 0 heterocycles. The Labute approximate surface area is 126 Å². The normalized spacial score (nSPS) is 11.4. The first-order chi connectivity index (χ1) is 9.93. The van der Waals surface area contributed by atoms with Crippen LogP contribution < -0.4 is 10.6 Å². The molecule has 0 bridgehead atoms. The standard InChI is InChI=1S/C14H19F3N2OS/c1-21-8-3-2-7-18-10-11-5-4-6-12(9-11)19-13(20)14(15,16)17/h4-6,9,18H,2-3,7-8,10H2,1H3,(H,19,20). The van der Waals surface area contributed by atoms with E-state index in [-0.39, 0.29) is 5.69 Å². The van der Waals surface area contributed by atoms with Crippen LogP contribution in [0.4, 0.5) is 18.9 Å². The number of rotatable bonds is 8. The number of nitrogens with one attached hydrogen (secondary N) is 2. The Balaban J connectivity index is 2.40. The Morgan fingerprint density at radius 3 is 2.71 bits per heavy atom. The van der Waals surface area contributed by atoms with Crippen molar-refractivity contribution in [3.63, 3.8) is 0 Å². The summed E-state index contributed by atoms with van der Waals surface area (Å²) in [5.74, 6) is -0.828. The second-order valence-electron chi connectivity index (χ2n) is 4.53. The number of anilines is 1. The van der Waals surface area contributed by atoms with Gasteiger partial charge in [-0.05, 0) is 49.1 Å². The molecule has 0 spiro atoms. The fraction of sp³-hybridized carbons (Fsp3) is 0.500. The molecule has 0 atom stereocenters. The molecule has 0 aliphatic carbocycles. The fourth-order valence-corrected chi connectivity index (χ4v) is 2.18. The number of alkyl halides is 3. The monoisotopic (exact) mass is 320 g/mol. The number of thioether (sulfide) groups is 1. The van der Waals surface area contributed by atoms with Crippen LogP contribution in [0.1, 0.15) is 18.4 Å². The topological polar surface area (TPSA) is 41.1 Å². The third kappa shape index (κ3) is 7.38. The number of hydrogen-bond acceptors (Lipinski definition) is 3. The molecule has 2 N–H and O–H groups in total. The third-order valence-electron chi connectivity index (χ3n) is 2.72.